The SMILES string of the molecule is O=C(O)[C@H]1CCCN1Cc1cc(Br)cc(Br)c1. The Bertz CT molecular complexity index is 416. The highest BCUT2D eigenvalue weighted by atomic mass is 79.9. The minimum absolute atomic E-state index is 0.326. The van der Waals surface area contributed by atoms with Crippen LogP contribution in [0.4, 0.5) is 0 Å². The lowest BCUT2D eigenvalue weighted by Crippen LogP contribution is -2.35. The normalized spacial score (nSPS) is 20.7. The fraction of sp³-hybridized carbons (Fsp3) is 0.417. The van der Waals surface area contributed by atoms with Crippen LogP contribution in [-0.2, 0) is 11.3 Å². The molecule has 1 aliphatic rings. The summed E-state index contributed by atoms with van der Waals surface area (Å²) in [6.45, 7) is 1.55. The van der Waals surface area contributed by atoms with Gasteiger partial charge in [-0.15, -0.1) is 0 Å². The molecule has 0 unspecified atom stereocenters. The van der Waals surface area contributed by atoms with Crippen LogP contribution in [0, 0.1) is 0 Å². The maximum atomic E-state index is 11.1. The van der Waals surface area contributed by atoms with Gasteiger partial charge >= 0.3 is 5.97 Å². The Morgan fingerprint density at radius 3 is 2.59 bits per heavy atom. The number of carbonyl (C=O) groups is 1. The van der Waals surface area contributed by atoms with Crippen molar-refractivity contribution < 1.29 is 9.90 Å². The zero-order valence-corrected chi connectivity index (χ0v) is 12.4. The Hall–Kier alpha value is -0.390. The summed E-state index contributed by atoms with van der Waals surface area (Å²) in [5.41, 5.74) is 1.12. The van der Waals surface area contributed by atoms with E-state index in [1.807, 2.05) is 23.1 Å². The quantitative estimate of drug-likeness (QED) is 0.897. The molecule has 1 aliphatic heterocycles. The van der Waals surface area contributed by atoms with Crippen LogP contribution in [0.1, 0.15) is 18.4 Å². The van der Waals surface area contributed by atoms with Crippen molar-refractivity contribution in [1.29, 1.82) is 0 Å². The maximum Gasteiger partial charge on any atom is 0.320 e. The maximum absolute atomic E-state index is 11.1. The van der Waals surface area contributed by atoms with Crippen LogP contribution in [0.5, 0.6) is 0 Å². The van der Waals surface area contributed by atoms with Crippen molar-refractivity contribution in [1.82, 2.24) is 4.90 Å². The molecule has 1 aromatic carbocycles. The first kappa shape index (κ1) is 13.1. The Morgan fingerprint density at radius 2 is 2.00 bits per heavy atom. The highest BCUT2D eigenvalue weighted by molar-refractivity contribution is 9.11. The molecule has 2 rings (SSSR count). The molecular weight excluding hydrogens is 350 g/mol. The van der Waals surface area contributed by atoms with E-state index in [9.17, 15) is 4.79 Å². The molecule has 1 atom stereocenters. The highest BCUT2D eigenvalue weighted by Crippen LogP contribution is 2.24. The van der Waals surface area contributed by atoms with Crippen LogP contribution < -0.4 is 0 Å². The number of nitrogens with zero attached hydrogens (tertiary/aromatic N) is 1. The van der Waals surface area contributed by atoms with Crippen molar-refractivity contribution in [3.8, 4) is 0 Å². The standard InChI is InChI=1S/C12H13Br2NO2/c13-9-4-8(5-10(14)6-9)7-15-3-1-2-11(15)12(16)17/h4-6,11H,1-3,7H2,(H,16,17)/t11-/m1/s1. The summed E-state index contributed by atoms with van der Waals surface area (Å²) >= 11 is 6.88. The number of halogens is 2. The minimum Gasteiger partial charge on any atom is -0.480 e. The lowest BCUT2D eigenvalue weighted by atomic mass is 10.2. The van der Waals surface area contributed by atoms with E-state index in [1.165, 1.54) is 0 Å². The predicted octanol–water partition coefficient (Wildman–Crippen LogP) is 3.26. The topological polar surface area (TPSA) is 40.5 Å². The first-order valence-electron chi connectivity index (χ1n) is 5.48. The number of hydrogen-bond acceptors (Lipinski definition) is 2. The number of rotatable bonds is 3. The van der Waals surface area contributed by atoms with Gasteiger partial charge in [-0.25, -0.2) is 0 Å². The van der Waals surface area contributed by atoms with Gasteiger partial charge in [0.05, 0.1) is 0 Å². The van der Waals surface area contributed by atoms with E-state index in [4.69, 9.17) is 5.11 Å². The molecule has 1 fully saturated rings. The van der Waals surface area contributed by atoms with Gasteiger partial charge in [0.15, 0.2) is 0 Å². The van der Waals surface area contributed by atoms with Crippen molar-refractivity contribution in [3.63, 3.8) is 0 Å². The first-order chi connectivity index (χ1) is 8.06. The average molecular weight is 363 g/mol. The molecule has 0 radical (unpaired) electrons. The Morgan fingerprint density at radius 1 is 1.35 bits per heavy atom. The van der Waals surface area contributed by atoms with E-state index in [1.54, 1.807) is 0 Å². The lowest BCUT2D eigenvalue weighted by Gasteiger charge is -2.21. The van der Waals surface area contributed by atoms with Gasteiger partial charge in [0.1, 0.15) is 6.04 Å². The highest BCUT2D eigenvalue weighted by Gasteiger charge is 2.30. The predicted molar refractivity (Wildman–Crippen MR) is 72.9 cm³/mol. The van der Waals surface area contributed by atoms with E-state index in [2.05, 4.69) is 31.9 Å². The zero-order chi connectivity index (χ0) is 12.4. The smallest absolute Gasteiger partial charge is 0.320 e. The molecule has 0 amide bonds. The fourth-order valence-corrected chi connectivity index (χ4v) is 3.62. The lowest BCUT2D eigenvalue weighted by molar-refractivity contribution is -0.142. The van der Waals surface area contributed by atoms with Crippen LogP contribution in [0.2, 0.25) is 0 Å². The summed E-state index contributed by atoms with van der Waals surface area (Å²) in [5.74, 6) is -0.712. The van der Waals surface area contributed by atoms with Gasteiger partial charge in [-0.2, -0.15) is 0 Å². The molecule has 1 saturated heterocycles. The van der Waals surface area contributed by atoms with Gasteiger partial charge in [0, 0.05) is 15.5 Å². The fourth-order valence-electron chi connectivity index (χ4n) is 2.23. The molecular formula is C12H13Br2NO2. The number of benzene rings is 1. The summed E-state index contributed by atoms with van der Waals surface area (Å²) in [5, 5.41) is 9.11. The van der Waals surface area contributed by atoms with Crippen LogP contribution in [0.15, 0.2) is 27.1 Å². The molecule has 0 bridgehead atoms. The van der Waals surface area contributed by atoms with E-state index < -0.39 is 5.97 Å². The molecule has 5 heteroatoms. The number of carboxylic acid groups (broad SMARTS) is 1. The van der Waals surface area contributed by atoms with Gasteiger partial charge in [-0.3, -0.25) is 9.69 Å². The van der Waals surface area contributed by atoms with E-state index in [0.717, 1.165) is 33.9 Å². The van der Waals surface area contributed by atoms with E-state index >= 15 is 0 Å². The molecule has 0 saturated carbocycles. The van der Waals surface area contributed by atoms with Crippen molar-refractivity contribution in [2.24, 2.45) is 0 Å². The third kappa shape index (κ3) is 3.30. The summed E-state index contributed by atoms with van der Waals surface area (Å²) < 4.78 is 2.01. The second-order valence-corrected chi connectivity index (χ2v) is 6.08. The number of likely N-dealkylation sites (tertiary alicyclic amines) is 1. The second kappa shape index (κ2) is 5.50. The van der Waals surface area contributed by atoms with Crippen molar-refractivity contribution in [3.05, 3.63) is 32.7 Å². The van der Waals surface area contributed by atoms with Crippen LogP contribution in [0.25, 0.3) is 0 Å². The Balaban J connectivity index is 2.12. The minimum atomic E-state index is -0.712. The first-order valence-corrected chi connectivity index (χ1v) is 7.06. The van der Waals surface area contributed by atoms with Crippen molar-refractivity contribution in [2.75, 3.05) is 6.54 Å². The molecule has 1 aromatic rings. The second-order valence-electron chi connectivity index (χ2n) is 4.24. The third-order valence-electron chi connectivity index (χ3n) is 2.96. The van der Waals surface area contributed by atoms with Gasteiger partial charge < -0.3 is 5.11 Å². The molecule has 0 aliphatic carbocycles. The van der Waals surface area contributed by atoms with Gasteiger partial charge in [-0.1, -0.05) is 31.9 Å². The molecule has 0 aromatic heterocycles. The van der Waals surface area contributed by atoms with E-state index in [-0.39, 0.29) is 6.04 Å². The number of hydrogen-bond donors (Lipinski definition) is 1. The monoisotopic (exact) mass is 361 g/mol. The van der Waals surface area contributed by atoms with Gasteiger partial charge in [0.25, 0.3) is 0 Å². The molecule has 1 N–H and O–H groups in total. The summed E-state index contributed by atoms with van der Waals surface area (Å²) in [6, 6.07) is 5.71. The summed E-state index contributed by atoms with van der Waals surface area (Å²) in [6.07, 6.45) is 1.72. The summed E-state index contributed by atoms with van der Waals surface area (Å²) in [4.78, 5) is 13.1. The molecule has 1 heterocycles. The number of carboxylic acids is 1. The van der Waals surface area contributed by atoms with E-state index in [0.29, 0.717) is 6.54 Å². The van der Waals surface area contributed by atoms with Crippen LogP contribution in [0.3, 0.4) is 0 Å². The van der Waals surface area contributed by atoms with Crippen LogP contribution >= 0.6 is 31.9 Å². The molecule has 17 heavy (non-hydrogen) atoms. The molecule has 0 spiro atoms. The number of aliphatic carboxylic acids is 1. The van der Waals surface area contributed by atoms with Crippen LogP contribution in [-0.4, -0.2) is 28.6 Å². The average Bonchev–Trinajstić information content (AvgIpc) is 2.63. The Kier molecular flexibility index (Phi) is 4.22. The zero-order valence-electron chi connectivity index (χ0n) is 9.20. The van der Waals surface area contributed by atoms with Crippen molar-refractivity contribution >= 4 is 37.8 Å². The molecule has 3 nitrogen and oxygen atoms in total. The Labute approximate surface area is 117 Å². The largest absolute Gasteiger partial charge is 0.480 e. The molecule has 92 valence electrons. The third-order valence-corrected chi connectivity index (χ3v) is 3.87. The van der Waals surface area contributed by atoms with Gasteiger partial charge in [0.2, 0.25) is 0 Å². The van der Waals surface area contributed by atoms with Crippen molar-refractivity contribution in [2.45, 2.75) is 25.4 Å². The summed E-state index contributed by atoms with van der Waals surface area (Å²) in [7, 11) is 0. The van der Waals surface area contributed by atoms with Gasteiger partial charge in [-0.05, 0) is 43.1 Å².